The molecule has 2 aliphatic rings. The van der Waals surface area contributed by atoms with E-state index in [1.807, 2.05) is 54.6 Å². The number of aliphatic imine (C=N–C) groups is 1. The van der Waals surface area contributed by atoms with Crippen molar-refractivity contribution in [3.63, 3.8) is 0 Å². The van der Waals surface area contributed by atoms with Crippen molar-refractivity contribution in [1.82, 2.24) is 5.01 Å². The summed E-state index contributed by atoms with van der Waals surface area (Å²) in [4.78, 5) is 29.9. The first-order valence-corrected chi connectivity index (χ1v) is 13.2. The van der Waals surface area contributed by atoms with Gasteiger partial charge in [-0.25, -0.2) is 5.01 Å². The van der Waals surface area contributed by atoms with Crippen molar-refractivity contribution in [2.24, 2.45) is 10.1 Å². The van der Waals surface area contributed by atoms with Gasteiger partial charge >= 0.3 is 0 Å². The molecule has 0 bridgehead atoms. The molecule has 38 heavy (non-hydrogen) atoms. The molecule has 3 aromatic rings. The van der Waals surface area contributed by atoms with Crippen molar-refractivity contribution < 1.29 is 19.1 Å². The van der Waals surface area contributed by atoms with Crippen LogP contribution in [0.5, 0.6) is 11.5 Å². The van der Waals surface area contributed by atoms with Crippen LogP contribution in [0, 0.1) is 0 Å². The SMILES string of the molecule is COc1ccc(C2=NN(C3=NC(=O)C(CC(=O)Nc4ccccc4OC)S3)C(c3cccc(Cl)c3)C2)cc1. The number of hydrogen-bond acceptors (Lipinski definition) is 7. The molecule has 3 aromatic carbocycles. The van der Waals surface area contributed by atoms with Gasteiger partial charge in [0.05, 0.1) is 31.7 Å². The third kappa shape index (κ3) is 5.54. The van der Waals surface area contributed by atoms with Crippen LogP contribution in [-0.4, -0.2) is 47.2 Å². The number of rotatable bonds is 7. The second-order valence-corrected chi connectivity index (χ2v) is 10.3. The number of halogens is 1. The molecule has 194 valence electrons. The number of nitrogens with one attached hydrogen (secondary N) is 1. The molecule has 2 atom stereocenters. The lowest BCUT2D eigenvalue weighted by Gasteiger charge is -2.23. The summed E-state index contributed by atoms with van der Waals surface area (Å²) in [6, 6.07) is 22.2. The summed E-state index contributed by atoms with van der Waals surface area (Å²) in [5.41, 5.74) is 3.30. The maximum atomic E-state index is 12.8. The van der Waals surface area contributed by atoms with E-state index < -0.39 is 5.25 Å². The average Bonchev–Trinajstić information content (AvgIpc) is 3.53. The minimum Gasteiger partial charge on any atom is -0.497 e. The highest BCUT2D eigenvalue weighted by atomic mass is 35.5. The van der Waals surface area contributed by atoms with Gasteiger partial charge in [-0.1, -0.05) is 47.6 Å². The van der Waals surface area contributed by atoms with E-state index in [1.165, 1.54) is 18.9 Å². The zero-order valence-corrected chi connectivity index (χ0v) is 22.3. The lowest BCUT2D eigenvalue weighted by atomic mass is 9.98. The van der Waals surface area contributed by atoms with E-state index in [0.29, 0.717) is 28.0 Å². The predicted molar refractivity (Wildman–Crippen MR) is 150 cm³/mol. The number of methoxy groups -OCH3 is 2. The molecule has 2 heterocycles. The number of hydrogen-bond donors (Lipinski definition) is 1. The fourth-order valence-electron chi connectivity index (χ4n) is 4.34. The lowest BCUT2D eigenvalue weighted by Crippen LogP contribution is -2.25. The normalized spacial score (nSPS) is 18.7. The summed E-state index contributed by atoms with van der Waals surface area (Å²) in [5, 5.41) is 9.88. The van der Waals surface area contributed by atoms with Gasteiger partial charge in [-0.3, -0.25) is 9.59 Å². The zero-order chi connectivity index (χ0) is 26.6. The number of nitrogens with zero attached hydrogens (tertiary/aromatic N) is 3. The highest BCUT2D eigenvalue weighted by molar-refractivity contribution is 8.15. The predicted octanol–water partition coefficient (Wildman–Crippen LogP) is 5.54. The molecule has 2 aliphatic heterocycles. The van der Waals surface area contributed by atoms with Gasteiger partial charge in [0.2, 0.25) is 5.91 Å². The standard InChI is InChI=1S/C28H25ClN4O4S/c1-36-20-12-10-17(11-13-20)22-15-23(18-6-5-7-19(29)14-18)33(32-22)28-31-27(35)25(38-28)16-26(34)30-21-8-3-4-9-24(21)37-2/h3-14,23,25H,15-16H2,1-2H3,(H,30,34). The Labute approximate surface area is 229 Å². The molecule has 8 nitrogen and oxygen atoms in total. The number of para-hydroxylation sites is 2. The Bertz CT molecular complexity index is 1430. The molecular weight excluding hydrogens is 524 g/mol. The molecule has 0 aromatic heterocycles. The Kier molecular flexibility index (Phi) is 7.67. The average molecular weight is 549 g/mol. The summed E-state index contributed by atoms with van der Waals surface area (Å²) in [7, 11) is 3.16. The van der Waals surface area contributed by atoms with Crippen LogP contribution in [0.2, 0.25) is 5.02 Å². The van der Waals surface area contributed by atoms with Crippen molar-refractivity contribution in [1.29, 1.82) is 0 Å². The number of carbonyl (C=O) groups is 2. The van der Waals surface area contributed by atoms with E-state index in [-0.39, 0.29) is 24.3 Å². The van der Waals surface area contributed by atoms with E-state index in [0.717, 1.165) is 22.6 Å². The zero-order valence-electron chi connectivity index (χ0n) is 20.8. The molecule has 0 aliphatic carbocycles. The fraction of sp³-hybridized carbons (Fsp3) is 0.214. The number of carbonyl (C=O) groups excluding carboxylic acids is 2. The molecule has 1 N–H and O–H groups in total. The Balaban J connectivity index is 1.36. The summed E-state index contributed by atoms with van der Waals surface area (Å²) in [6.07, 6.45) is 0.568. The van der Waals surface area contributed by atoms with Gasteiger partial charge in [-0.05, 0) is 59.7 Å². The molecule has 0 fully saturated rings. The first-order chi connectivity index (χ1) is 18.4. The van der Waals surface area contributed by atoms with Crippen LogP contribution >= 0.6 is 23.4 Å². The first kappa shape index (κ1) is 25.8. The highest BCUT2D eigenvalue weighted by Gasteiger charge is 2.39. The van der Waals surface area contributed by atoms with Gasteiger partial charge in [0, 0.05) is 17.9 Å². The van der Waals surface area contributed by atoms with Crippen LogP contribution in [0.1, 0.15) is 30.0 Å². The molecule has 5 rings (SSSR count). The van der Waals surface area contributed by atoms with Crippen molar-refractivity contribution in [3.05, 3.63) is 88.9 Å². The van der Waals surface area contributed by atoms with Gasteiger partial charge in [0.25, 0.3) is 5.91 Å². The Morgan fingerprint density at radius 3 is 2.61 bits per heavy atom. The molecular formula is C28H25ClN4O4S. The van der Waals surface area contributed by atoms with Crippen LogP contribution in [0.3, 0.4) is 0 Å². The van der Waals surface area contributed by atoms with Crippen LogP contribution in [-0.2, 0) is 9.59 Å². The van der Waals surface area contributed by atoms with Crippen molar-refractivity contribution in [3.8, 4) is 11.5 Å². The lowest BCUT2D eigenvalue weighted by molar-refractivity contribution is -0.121. The highest BCUT2D eigenvalue weighted by Crippen LogP contribution is 2.39. The maximum Gasteiger partial charge on any atom is 0.262 e. The maximum absolute atomic E-state index is 12.8. The minimum atomic E-state index is -0.653. The van der Waals surface area contributed by atoms with E-state index in [1.54, 1.807) is 30.3 Å². The second kappa shape index (κ2) is 11.3. The van der Waals surface area contributed by atoms with E-state index in [2.05, 4.69) is 10.3 Å². The van der Waals surface area contributed by atoms with Gasteiger partial charge in [0.15, 0.2) is 5.17 Å². The van der Waals surface area contributed by atoms with E-state index in [9.17, 15) is 9.59 Å². The largest absolute Gasteiger partial charge is 0.497 e. The quantitative estimate of drug-likeness (QED) is 0.417. The fourth-order valence-corrected chi connectivity index (χ4v) is 5.60. The number of ether oxygens (including phenoxy) is 2. The molecule has 2 amide bonds. The summed E-state index contributed by atoms with van der Waals surface area (Å²) >= 11 is 7.54. The van der Waals surface area contributed by atoms with Gasteiger partial charge in [-0.15, -0.1) is 0 Å². The molecule has 0 radical (unpaired) electrons. The number of hydrazone groups is 1. The Hall–Kier alpha value is -3.82. The number of benzene rings is 3. The van der Waals surface area contributed by atoms with Crippen molar-refractivity contribution in [2.75, 3.05) is 19.5 Å². The van der Waals surface area contributed by atoms with Crippen LogP contribution in [0.4, 0.5) is 5.69 Å². The summed E-state index contributed by atoms with van der Waals surface area (Å²) in [6.45, 7) is 0. The summed E-state index contributed by atoms with van der Waals surface area (Å²) < 4.78 is 10.6. The molecule has 0 saturated carbocycles. The number of thioether (sulfide) groups is 1. The van der Waals surface area contributed by atoms with E-state index in [4.69, 9.17) is 26.2 Å². The van der Waals surface area contributed by atoms with E-state index >= 15 is 0 Å². The molecule has 0 saturated heterocycles. The van der Waals surface area contributed by atoms with Crippen molar-refractivity contribution >= 4 is 51.7 Å². The van der Waals surface area contributed by atoms with Gasteiger partial charge in [0.1, 0.15) is 16.7 Å². The van der Waals surface area contributed by atoms with Crippen LogP contribution in [0.25, 0.3) is 0 Å². The Morgan fingerprint density at radius 1 is 1.08 bits per heavy atom. The van der Waals surface area contributed by atoms with Gasteiger partial charge < -0.3 is 14.8 Å². The Morgan fingerprint density at radius 2 is 1.87 bits per heavy atom. The third-order valence-electron chi connectivity index (χ3n) is 6.24. The molecule has 0 spiro atoms. The number of amidine groups is 1. The molecule has 10 heteroatoms. The third-order valence-corrected chi connectivity index (χ3v) is 7.62. The minimum absolute atomic E-state index is 0.0285. The topological polar surface area (TPSA) is 92.6 Å². The summed E-state index contributed by atoms with van der Waals surface area (Å²) in [5.74, 6) is 0.640. The van der Waals surface area contributed by atoms with Crippen LogP contribution < -0.4 is 14.8 Å². The smallest absolute Gasteiger partial charge is 0.262 e. The second-order valence-electron chi connectivity index (χ2n) is 8.69. The number of amides is 2. The molecule has 2 unspecified atom stereocenters. The van der Waals surface area contributed by atoms with Gasteiger partial charge in [-0.2, -0.15) is 10.1 Å². The van der Waals surface area contributed by atoms with Crippen LogP contribution in [0.15, 0.2) is 82.9 Å². The van der Waals surface area contributed by atoms with Crippen molar-refractivity contribution in [2.45, 2.75) is 24.1 Å². The first-order valence-electron chi connectivity index (χ1n) is 11.9. The number of anilines is 1. The monoisotopic (exact) mass is 548 g/mol.